The topological polar surface area (TPSA) is 86.3 Å². The van der Waals surface area contributed by atoms with Gasteiger partial charge in [-0.05, 0) is 42.5 Å². The third-order valence-corrected chi connectivity index (χ3v) is 5.02. The zero-order valence-corrected chi connectivity index (χ0v) is 17.5. The van der Waals surface area contributed by atoms with Crippen LogP contribution in [0.4, 0.5) is 18.9 Å². The fraction of sp³-hybridized carbons (Fsp3) is 0.0952. The van der Waals surface area contributed by atoms with Crippen molar-refractivity contribution >= 4 is 28.2 Å². The molecule has 0 spiro atoms. The van der Waals surface area contributed by atoms with Crippen molar-refractivity contribution in [3.8, 4) is 11.4 Å². The highest BCUT2D eigenvalue weighted by Gasteiger charge is 2.33. The Bertz CT molecular complexity index is 1430. The van der Waals surface area contributed by atoms with Crippen LogP contribution < -0.4 is 5.32 Å². The number of alkyl halides is 3. The molecule has 12 heteroatoms. The molecule has 5 rings (SSSR count). The lowest BCUT2D eigenvalue weighted by atomic mass is 10.2. The summed E-state index contributed by atoms with van der Waals surface area (Å²) in [4.78, 5) is 7.45. The summed E-state index contributed by atoms with van der Waals surface area (Å²) in [7, 11) is 0. The fourth-order valence-electron chi connectivity index (χ4n) is 3.26. The third-order valence-electron chi connectivity index (χ3n) is 4.83. The number of hydrogen-bond acceptors (Lipinski definition) is 6. The summed E-state index contributed by atoms with van der Waals surface area (Å²) in [5.41, 5.74) is 2.16. The van der Waals surface area contributed by atoms with Crippen LogP contribution in [-0.2, 0) is 12.7 Å². The van der Waals surface area contributed by atoms with Gasteiger partial charge < -0.3 is 5.32 Å². The number of rotatable bonds is 5. The van der Waals surface area contributed by atoms with E-state index in [0.29, 0.717) is 5.69 Å². The maximum Gasteiger partial charge on any atom is 0.433 e. The van der Waals surface area contributed by atoms with Gasteiger partial charge in [0.05, 0.1) is 42.0 Å². The monoisotopic (exact) mass is 470 g/mol. The van der Waals surface area contributed by atoms with Gasteiger partial charge in [-0.2, -0.15) is 18.3 Å². The standard InChI is InChI=1S/C21H14ClF3N8/c22-20-8-14(7-19(29-20)21(23,24)25)27-10-15-12-32(31-30-15)16-1-3-17(4-2-16)33-18-11-26-6-5-13(18)9-28-33/h1-9,11-12H,10H2,(H,27,29). The van der Waals surface area contributed by atoms with Crippen LogP contribution in [0.5, 0.6) is 0 Å². The van der Waals surface area contributed by atoms with Gasteiger partial charge in [0.2, 0.25) is 0 Å². The Morgan fingerprint density at radius 1 is 1.00 bits per heavy atom. The van der Waals surface area contributed by atoms with Crippen LogP contribution in [0.15, 0.2) is 67.3 Å². The zero-order valence-electron chi connectivity index (χ0n) is 16.7. The van der Waals surface area contributed by atoms with Gasteiger partial charge in [0.1, 0.15) is 16.5 Å². The molecule has 0 radical (unpaired) electrons. The van der Waals surface area contributed by atoms with Crippen LogP contribution in [0, 0.1) is 0 Å². The van der Waals surface area contributed by atoms with Crippen molar-refractivity contribution in [1.29, 1.82) is 0 Å². The Morgan fingerprint density at radius 3 is 2.58 bits per heavy atom. The first kappa shape index (κ1) is 20.9. The zero-order chi connectivity index (χ0) is 23.0. The lowest BCUT2D eigenvalue weighted by Crippen LogP contribution is -2.09. The molecule has 1 aromatic carbocycles. The molecule has 8 nitrogen and oxygen atoms in total. The summed E-state index contributed by atoms with van der Waals surface area (Å²) in [6.07, 6.45) is 2.33. The second kappa shape index (κ2) is 8.17. The normalized spacial score (nSPS) is 11.8. The molecule has 4 aromatic heterocycles. The smallest absolute Gasteiger partial charge is 0.379 e. The summed E-state index contributed by atoms with van der Waals surface area (Å²) in [6, 6.07) is 11.6. The minimum absolute atomic E-state index is 0.155. The largest absolute Gasteiger partial charge is 0.433 e. The van der Waals surface area contributed by atoms with Crippen molar-refractivity contribution in [3.63, 3.8) is 0 Å². The summed E-state index contributed by atoms with van der Waals surface area (Å²) in [6.45, 7) is 0.155. The van der Waals surface area contributed by atoms with Crippen molar-refractivity contribution in [2.24, 2.45) is 0 Å². The quantitative estimate of drug-likeness (QED) is 0.375. The van der Waals surface area contributed by atoms with Gasteiger partial charge in [-0.15, -0.1) is 5.10 Å². The van der Waals surface area contributed by atoms with Crippen molar-refractivity contribution in [2.45, 2.75) is 12.7 Å². The van der Waals surface area contributed by atoms with Crippen molar-refractivity contribution in [1.82, 2.24) is 34.7 Å². The molecule has 0 saturated carbocycles. The lowest BCUT2D eigenvalue weighted by molar-refractivity contribution is -0.141. The Kier molecular flexibility index (Phi) is 5.17. The number of nitrogens with zero attached hydrogens (tertiary/aromatic N) is 7. The number of hydrogen-bond donors (Lipinski definition) is 1. The van der Waals surface area contributed by atoms with Gasteiger partial charge in [0.15, 0.2) is 0 Å². The number of benzene rings is 1. The highest BCUT2D eigenvalue weighted by Crippen LogP contribution is 2.31. The first-order valence-electron chi connectivity index (χ1n) is 9.65. The number of fused-ring (bicyclic) bond motifs is 1. The molecule has 0 fully saturated rings. The van der Waals surface area contributed by atoms with Crippen molar-refractivity contribution in [2.75, 3.05) is 5.32 Å². The molecule has 0 aliphatic carbocycles. The predicted molar refractivity (Wildman–Crippen MR) is 115 cm³/mol. The molecule has 0 bridgehead atoms. The molecule has 0 unspecified atom stereocenters. The van der Waals surface area contributed by atoms with E-state index >= 15 is 0 Å². The summed E-state index contributed by atoms with van der Waals surface area (Å²) < 4.78 is 42.1. The Balaban J connectivity index is 1.31. The maximum atomic E-state index is 12.9. The number of anilines is 1. The first-order valence-corrected chi connectivity index (χ1v) is 10.0. The average molecular weight is 471 g/mol. The molecule has 33 heavy (non-hydrogen) atoms. The number of halogens is 4. The molecule has 5 aromatic rings. The van der Waals surface area contributed by atoms with E-state index in [2.05, 4.69) is 30.7 Å². The van der Waals surface area contributed by atoms with E-state index in [1.807, 2.05) is 30.3 Å². The van der Waals surface area contributed by atoms with Crippen LogP contribution >= 0.6 is 11.6 Å². The van der Waals surface area contributed by atoms with Gasteiger partial charge in [0.25, 0.3) is 0 Å². The molecule has 0 saturated heterocycles. The molecule has 0 amide bonds. The highest BCUT2D eigenvalue weighted by molar-refractivity contribution is 6.29. The Morgan fingerprint density at radius 2 is 1.79 bits per heavy atom. The van der Waals surface area contributed by atoms with Crippen LogP contribution in [-0.4, -0.2) is 34.7 Å². The van der Waals surface area contributed by atoms with Gasteiger partial charge in [-0.1, -0.05) is 16.8 Å². The molecular formula is C21H14ClF3N8. The summed E-state index contributed by atoms with van der Waals surface area (Å²) in [5, 5.41) is 16.2. The second-order valence-corrected chi connectivity index (χ2v) is 7.46. The number of aromatic nitrogens is 7. The van der Waals surface area contributed by atoms with E-state index in [0.717, 1.165) is 28.3 Å². The van der Waals surface area contributed by atoms with E-state index in [1.165, 1.54) is 6.07 Å². The first-order chi connectivity index (χ1) is 15.9. The van der Waals surface area contributed by atoms with Gasteiger partial charge in [-0.25, -0.2) is 14.3 Å². The minimum Gasteiger partial charge on any atom is -0.379 e. The molecule has 166 valence electrons. The fourth-order valence-corrected chi connectivity index (χ4v) is 3.47. The van der Waals surface area contributed by atoms with E-state index < -0.39 is 11.9 Å². The van der Waals surface area contributed by atoms with E-state index in [-0.39, 0.29) is 17.4 Å². The van der Waals surface area contributed by atoms with Gasteiger partial charge in [-0.3, -0.25) is 4.98 Å². The highest BCUT2D eigenvalue weighted by atomic mass is 35.5. The van der Waals surface area contributed by atoms with Crippen molar-refractivity contribution in [3.05, 3.63) is 83.8 Å². The SMILES string of the molecule is FC(F)(F)c1cc(NCc2cn(-c3ccc(-n4ncc5ccncc54)cc3)nn2)cc(Cl)n1. The Hall–Kier alpha value is -3.99. The van der Waals surface area contributed by atoms with Crippen LogP contribution in [0.3, 0.4) is 0 Å². The molecule has 0 aliphatic heterocycles. The van der Waals surface area contributed by atoms with Crippen LogP contribution in [0.2, 0.25) is 5.15 Å². The number of pyridine rings is 2. The number of nitrogens with one attached hydrogen (secondary N) is 1. The lowest BCUT2D eigenvalue weighted by Gasteiger charge is -2.10. The summed E-state index contributed by atoms with van der Waals surface area (Å²) in [5.74, 6) is 0. The van der Waals surface area contributed by atoms with E-state index in [9.17, 15) is 13.2 Å². The summed E-state index contributed by atoms with van der Waals surface area (Å²) >= 11 is 5.71. The molecular weight excluding hydrogens is 457 g/mol. The average Bonchev–Trinajstić information content (AvgIpc) is 3.44. The molecule has 0 aliphatic rings. The van der Waals surface area contributed by atoms with Crippen LogP contribution in [0.1, 0.15) is 11.4 Å². The second-order valence-electron chi connectivity index (χ2n) is 7.08. The van der Waals surface area contributed by atoms with Crippen LogP contribution in [0.25, 0.3) is 22.3 Å². The molecule has 0 atom stereocenters. The maximum absolute atomic E-state index is 12.9. The van der Waals surface area contributed by atoms with E-state index in [4.69, 9.17) is 11.6 Å². The third kappa shape index (κ3) is 4.35. The van der Waals surface area contributed by atoms with Gasteiger partial charge >= 0.3 is 6.18 Å². The van der Waals surface area contributed by atoms with Crippen molar-refractivity contribution < 1.29 is 13.2 Å². The van der Waals surface area contributed by atoms with Gasteiger partial charge in [0, 0.05) is 17.3 Å². The predicted octanol–water partition coefficient (Wildman–Crippen LogP) is 4.68. The van der Waals surface area contributed by atoms with E-state index in [1.54, 1.807) is 34.2 Å². The molecule has 1 N–H and O–H groups in total. The molecule has 4 heterocycles. The Labute approximate surface area is 189 Å². The minimum atomic E-state index is -4.59.